The van der Waals surface area contributed by atoms with E-state index in [2.05, 4.69) is 36.5 Å². The molecule has 2 nitrogen and oxygen atoms in total. The van der Waals surface area contributed by atoms with Crippen LogP contribution in [0.2, 0.25) is 0 Å². The van der Waals surface area contributed by atoms with Gasteiger partial charge < -0.3 is 5.32 Å². The summed E-state index contributed by atoms with van der Waals surface area (Å²) in [4.78, 5) is 13.9. The summed E-state index contributed by atoms with van der Waals surface area (Å²) in [6.07, 6.45) is 4.66. The van der Waals surface area contributed by atoms with Gasteiger partial charge in [-0.05, 0) is 50.7 Å². The molecular formula is C18H21NOS. The zero-order valence-electron chi connectivity index (χ0n) is 12.6. The largest absolute Gasteiger partial charge is 0.345 e. The maximum absolute atomic E-state index is 12.5. The van der Waals surface area contributed by atoms with Crippen LogP contribution in [0, 0.1) is 6.92 Å². The lowest BCUT2D eigenvalue weighted by molar-refractivity contribution is 0.0939. The van der Waals surface area contributed by atoms with Crippen molar-refractivity contribution in [2.45, 2.75) is 45.6 Å². The van der Waals surface area contributed by atoms with Gasteiger partial charge in [-0.25, -0.2) is 0 Å². The highest BCUT2D eigenvalue weighted by Gasteiger charge is 2.21. The van der Waals surface area contributed by atoms with Gasteiger partial charge in [0.05, 0.1) is 11.6 Å². The average Bonchev–Trinajstić information content (AvgIpc) is 2.92. The molecule has 0 bridgehead atoms. The maximum Gasteiger partial charge on any atom is 0.252 e. The van der Waals surface area contributed by atoms with Crippen molar-refractivity contribution in [2.75, 3.05) is 0 Å². The number of amides is 1. The van der Waals surface area contributed by atoms with E-state index in [0.717, 1.165) is 24.0 Å². The maximum atomic E-state index is 12.5. The molecule has 1 heterocycles. The highest BCUT2D eigenvalue weighted by atomic mass is 32.1. The Kier molecular flexibility index (Phi) is 4.11. The molecule has 0 saturated heterocycles. The molecule has 110 valence electrons. The lowest BCUT2D eigenvalue weighted by Gasteiger charge is -2.16. The Morgan fingerprint density at radius 3 is 2.67 bits per heavy atom. The number of carbonyl (C=O) groups is 1. The van der Waals surface area contributed by atoms with Gasteiger partial charge in [-0.3, -0.25) is 4.79 Å². The summed E-state index contributed by atoms with van der Waals surface area (Å²) in [5.74, 6) is 0.0717. The van der Waals surface area contributed by atoms with Crippen molar-refractivity contribution >= 4 is 17.2 Å². The Labute approximate surface area is 130 Å². The molecule has 0 aliphatic heterocycles. The van der Waals surface area contributed by atoms with E-state index >= 15 is 0 Å². The standard InChI is InChI=1S/C18H21NOS/c1-12-7-9-14(10-8-12)13(2)19-18(20)16-11-21-17-6-4-3-5-15(16)17/h7-11,13H,3-6H2,1-2H3,(H,19,20). The van der Waals surface area contributed by atoms with Crippen LogP contribution in [0.4, 0.5) is 0 Å². The molecule has 0 saturated carbocycles. The van der Waals surface area contributed by atoms with E-state index in [0.29, 0.717) is 0 Å². The van der Waals surface area contributed by atoms with E-state index in [4.69, 9.17) is 0 Å². The number of carbonyl (C=O) groups excluding carboxylic acids is 1. The molecule has 3 rings (SSSR count). The number of thiophene rings is 1. The number of fused-ring (bicyclic) bond motifs is 1. The van der Waals surface area contributed by atoms with E-state index in [-0.39, 0.29) is 11.9 Å². The van der Waals surface area contributed by atoms with Crippen molar-refractivity contribution in [3.05, 3.63) is 56.8 Å². The molecule has 1 N–H and O–H groups in total. The van der Waals surface area contributed by atoms with Crippen molar-refractivity contribution in [1.82, 2.24) is 5.32 Å². The second-order valence-electron chi connectivity index (χ2n) is 5.86. The quantitative estimate of drug-likeness (QED) is 0.892. The van der Waals surface area contributed by atoms with Crippen LogP contribution in [0.5, 0.6) is 0 Å². The van der Waals surface area contributed by atoms with Crippen LogP contribution in [0.3, 0.4) is 0 Å². The van der Waals surface area contributed by atoms with E-state index < -0.39 is 0 Å². The SMILES string of the molecule is Cc1ccc(C(C)NC(=O)c2csc3c2CCCC3)cc1. The van der Waals surface area contributed by atoms with Gasteiger partial charge in [0.1, 0.15) is 0 Å². The van der Waals surface area contributed by atoms with Crippen LogP contribution in [0.1, 0.15) is 57.7 Å². The molecule has 1 aromatic carbocycles. The van der Waals surface area contributed by atoms with Crippen LogP contribution >= 0.6 is 11.3 Å². The summed E-state index contributed by atoms with van der Waals surface area (Å²) in [6, 6.07) is 8.39. The number of hydrogen-bond donors (Lipinski definition) is 1. The summed E-state index contributed by atoms with van der Waals surface area (Å²) in [7, 11) is 0. The predicted molar refractivity (Wildman–Crippen MR) is 88.0 cm³/mol. The summed E-state index contributed by atoms with van der Waals surface area (Å²) < 4.78 is 0. The lowest BCUT2D eigenvalue weighted by atomic mass is 9.95. The number of nitrogens with one attached hydrogen (secondary N) is 1. The first-order valence-corrected chi connectivity index (χ1v) is 8.50. The molecule has 2 aromatic rings. The first kappa shape index (κ1) is 14.3. The molecule has 1 unspecified atom stereocenters. The summed E-state index contributed by atoms with van der Waals surface area (Å²) in [5, 5.41) is 5.17. The van der Waals surface area contributed by atoms with Gasteiger partial charge in [0.15, 0.2) is 0 Å². The van der Waals surface area contributed by atoms with Crippen LogP contribution in [0.25, 0.3) is 0 Å². The molecular weight excluding hydrogens is 278 g/mol. The van der Waals surface area contributed by atoms with Crippen molar-refractivity contribution in [1.29, 1.82) is 0 Å². The fourth-order valence-electron chi connectivity index (χ4n) is 2.90. The van der Waals surface area contributed by atoms with E-state index in [1.807, 2.05) is 12.3 Å². The third-order valence-electron chi connectivity index (χ3n) is 4.23. The number of aryl methyl sites for hydroxylation is 2. The van der Waals surface area contributed by atoms with E-state index in [1.54, 1.807) is 11.3 Å². The minimum atomic E-state index is 0.0391. The van der Waals surface area contributed by atoms with Crippen LogP contribution in [0.15, 0.2) is 29.6 Å². The monoisotopic (exact) mass is 299 g/mol. The lowest BCUT2D eigenvalue weighted by Crippen LogP contribution is -2.27. The molecule has 1 aromatic heterocycles. The third-order valence-corrected chi connectivity index (χ3v) is 5.32. The molecule has 1 aliphatic rings. The molecule has 1 aliphatic carbocycles. The molecule has 1 amide bonds. The normalized spacial score (nSPS) is 15.3. The highest BCUT2D eigenvalue weighted by Crippen LogP contribution is 2.30. The van der Waals surface area contributed by atoms with Gasteiger partial charge >= 0.3 is 0 Å². The Bertz CT molecular complexity index is 642. The van der Waals surface area contributed by atoms with Crippen molar-refractivity contribution in [3.8, 4) is 0 Å². The smallest absolute Gasteiger partial charge is 0.252 e. The van der Waals surface area contributed by atoms with Crippen molar-refractivity contribution in [3.63, 3.8) is 0 Å². The number of hydrogen-bond acceptors (Lipinski definition) is 2. The van der Waals surface area contributed by atoms with Crippen LogP contribution < -0.4 is 5.32 Å². The van der Waals surface area contributed by atoms with Gasteiger partial charge in [-0.2, -0.15) is 0 Å². The predicted octanol–water partition coefficient (Wildman–Crippen LogP) is 4.43. The second kappa shape index (κ2) is 6.02. The van der Waals surface area contributed by atoms with E-state index in [1.165, 1.54) is 28.8 Å². The zero-order valence-corrected chi connectivity index (χ0v) is 13.4. The molecule has 0 spiro atoms. The Hall–Kier alpha value is -1.61. The Balaban J connectivity index is 1.74. The van der Waals surface area contributed by atoms with Crippen LogP contribution in [-0.2, 0) is 12.8 Å². The summed E-state index contributed by atoms with van der Waals surface area (Å²) in [6.45, 7) is 4.12. The number of rotatable bonds is 3. The first-order chi connectivity index (χ1) is 10.1. The zero-order chi connectivity index (χ0) is 14.8. The van der Waals surface area contributed by atoms with Crippen LogP contribution in [-0.4, -0.2) is 5.91 Å². The molecule has 1 atom stereocenters. The minimum Gasteiger partial charge on any atom is -0.345 e. The highest BCUT2D eigenvalue weighted by molar-refractivity contribution is 7.10. The molecule has 0 radical (unpaired) electrons. The van der Waals surface area contributed by atoms with Gasteiger partial charge in [-0.1, -0.05) is 29.8 Å². The minimum absolute atomic E-state index is 0.0391. The molecule has 21 heavy (non-hydrogen) atoms. The van der Waals surface area contributed by atoms with Gasteiger partial charge in [0, 0.05) is 10.3 Å². The fourth-order valence-corrected chi connectivity index (χ4v) is 4.02. The summed E-state index contributed by atoms with van der Waals surface area (Å²) >= 11 is 1.74. The topological polar surface area (TPSA) is 29.1 Å². The Morgan fingerprint density at radius 1 is 1.19 bits per heavy atom. The third kappa shape index (κ3) is 3.03. The fraction of sp³-hybridized carbons (Fsp3) is 0.389. The number of benzene rings is 1. The van der Waals surface area contributed by atoms with Gasteiger partial charge in [0.2, 0.25) is 0 Å². The van der Waals surface area contributed by atoms with Crippen molar-refractivity contribution in [2.24, 2.45) is 0 Å². The molecule has 0 fully saturated rings. The van der Waals surface area contributed by atoms with Gasteiger partial charge in [-0.15, -0.1) is 11.3 Å². The summed E-state index contributed by atoms with van der Waals surface area (Å²) in [5.41, 5.74) is 4.58. The first-order valence-electron chi connectivity index (χ1n) is 7.62. The second-order valence-corrected chi connectivity index (χ2v) is 6.83. The average molecular weight is 299 g/mol. The van der Waals surface area contributed by atoms with E-state index in [9.17, 15) is 4.79 Å². The van der Waals surface area contributed by atoms with Crippen molar-refractivity contribution < 1.29 is 4.79 Å². The molecule has 3 heteroatoms. The Morgan fingerprint density at radius 2 is 1.90 bits per heavy atom. The van der Waals surface area contributed by atoms with Gasteiger partial charge in [0.25, 0.3) is 5.91 Å².